The zero-order chi connectivity index (χ0) is 15.4. The van der Waals surface area contributed by atoms with Gasteiger partial charge in [-0.15, -0.1) is 11.8 Å². The fourth-order valence-corrected chi connectivity index (χ4v) is 3.82. The highest BCUT2D eigenvalue weighted by Crippen LogP contribution is 2.30. The number of nitrogens with one attached hydrogen (secondary N) is 1. The highest BCUT2D eigenvalue weighted by atomic mass is 32.2. The summed E-state index contributed by atoms with van der Waals surface area (Å²) >= 11 is 1.52. The van der Waals surface area contributed by atoms with Crippen molar-refractivity contribution in [2.45, 2.75) is 51.0 Å². The fourth-order valence-electron chi connectivity index (χ4n) is 2.94. The Bertz CT molecular complexity index is 504. The number of hydrogen-bond acceptors (Lipinski definition) is 3. The molecule has 0 aliphatic heterocycles. The van der Waals surface area contributed by atoms with E-state index in [1.165, 1.54) is 30.2 Å². The quantitative estimate of drug-likeness (QED) is 0.660. The maximum Gasteiger partial charge on any atom is 0.230 e. The number of rotatable bonds is 4. The van der Waals surface area contributed by atoms with E-state index in [0.717, 1.165) is 17.0 Å². The van der Waals surface area contributed by atoms with Gasteiger partial charge in [-0.25, -0.2) is 0 Å². The van der Waals surface area contributed by atoms with E-state index in [1.807, 2.05) is 25.1 Å². The van der Waals surface area contributed by atoms with Crippen LogP contribution in [0.4, 0.5) is 5.69 Å². The maximum atomic E-state index is 12.2. The van der Waals surface area contributed by atoms with Gasteiger partial charge in [-0.3, -0.25) is 4.79 Å². The minimum absolute atomic E-state index is 0.117. The Hall–Kier alpha value is -1.16. The normalized spacial score (nSPS) is 25.6. The van der Waals surface area contributed by atoms with Gasteiger partial charge in [0, 0.05) is 16.6 Å². The van der Waals surface area contributed by atoms with Crippen LogP contribution >= 0.6 is 11.8 Å². The van der Waals surface area contributed by atoms with Gasteiger partial charge in [0.1, 0.15) is 0 Å². The maximum absolute atomic E-state index is 12.2. The van der Waals surface area contributed by atoms with Crippen LogP contribution in [0.15, 0.2) is 23.1 Å². The molecule has 2 rings (SSSR count). The molecule has 0 aromatic heterocycles. The third-order valence-corrected chi connectivity index (χ3v) is 5.65. The number of aryl methyl sites for hydroxylation is 1. The molecule has 1 aliphatic carbocycles. The van der Waals surface area contributed by atoms with E-state index in [1.54, 1.807) is 0 Å². The summed E-state index contributed by atoms with van der Waals surface area (Å²) in [7, 11) is 0. The lowest BCUT2D eigenvalue weighted by Gasteiger charge is -2.34. The molecule has 0 heterocycles. The van der Waals surface area contributed by atoms with Crippen molar-refractivity contribution in [1.82, 2.24) is 5.32 Å². The van der Waals surface area contributed by atoms with E-state index in [-0.39, 0.29) is 5.91 Å². The summed E-state index contributed by atoms with van der Waals surface area (Å²) in [6.07, 6.45) is 3.60. The van der Waals surface area contributed by atoms with E-state index in [9.17, 15) is 4.79 Å². The third kappa shape index (κ3) is 4.40. The first-order valence-electron chi connectivity index (χ1n) is 7.75. The summed E-state index contributed by atoms with van der Waals surface area (Å²) in [6.45, 7) is 6.57. The molecule has 1 aliphatic rings. The van der Waals surface area contributed by atoms with Gasteiger partial charge in [0.25, 0.3) is 0 Å². The first-order chi connectivity index (χ1) is 9.97. The van der Waals surface area contributed by atoms with Crippen molar-refractivity contribution in [2.75, 3.05) is 11.5 Å². The van der Waals surface area contributed by atoms with Gasteiger partial charge >= 0.3 is 0 Å². The number of thioether (sulfide) groups is 1. The van der Waals surface area contributed by atoms with Gasteiger partial charge in [-0.2, -0.15) is 0 Å². The molecule has 0 spiro atoms. The van der Waals surface area contributed by atoms with Crippen molar-refractivity contribution in [3.63, 3.8) is 0 Å². The molecular weight excluding hydrogens is 280 g/mol. The molecule has 3 nitrogen and oxygen atoms in total. The third-order valence-electron chi connectivity index (χ3n) is 4.58. The molecule has 3 atom stereocenters. The van der Waals surface area contributed by atoms with Crippen LogP contribution in [0, 0.1) is 18.8 Å². The molecule has 1 saturated carbocycles. The summed E-state index contributed by atoms with van der Waals surface area (Å²) in [5, 5.41) is 3.20. The summed E-state index contributed by atoms with van der Waals surface area (Å²) in [5.41, 5.74) is 7.86. The minimum Gasteiger partial charge on any atom is -0.398 e. The predicted octanol–water partition coefficient (Wildman–Crippen LogP) is 3.61. The molecule has 4 heteroatoms. The molecule has 1 aromatic carbocycles. The van der Waals surface area contributed by atoms with Crippen LogP contribution in [-0.2, 0) is 4.79 Å². The van der Waals surface area contributed by atoms with Crippen LogP contribution in [0.2, 0.25) is 0 Å². The Morgan fingerprint density at radius 3 is 2.90 bits per heavy atom. The average molecular weight is 306 g/mol. The van der Waals surface area contributed by atoms with Crippen LogP contribution in [0.3, 0.4) is 0 Å². The molecule has 0 radical (unpaired) electrons. The first-order valence-corrected chi connectivity index (χ1v) is 8.74. The van der Waals surface area contributed by atoms with Crippen LogP contribution < -0.4 is 11.1 Å². The van der Waals surface area contributed by atoms with E-state index >= 15 is 0 Å². The molecule has 1 amide bonds. The minimum atomic E-state index is 0.117. The first kappa shape index (κ1) is 16.2. The standard InChI is InChI=1S/C17H26N2OS/c1-11-7-8-14(18)16(9-11)21-10-17(20)19-15-6-4-5-12(2)13(15)3/h7-9,12-13,15H,4-6,10,18H2,1-3H3,(H,19,20). The van der Waals surface area contributed by atoms with Crippen LogP contribution in [0.5, 0.6) is 0 Å². The van der Waals surface area contributed by atoms with Crippen LogP contribution in [-0.4, -0.2) is 17.7 Å². The summed E-state index contributed by atoms with van der Waals surface area (Å²) < 4.78 is 0. The Morgan fingerprint density at radius 2 is 2.14 bits per heavy atom. The summed E-state index contributed by atoms with van der Waals surface area (Å²) in [4.78, 5) is 13.2. The second-order valence-corrected chi connectivity index (χ2v) is 7.29. The predicted molar refractivity (Wildman–Crippen MR) is 90.4 cm³/mol. The monoisotopic (exact) mass is 306 g/mol. The van der Waals surface area contributed by atoms with Crippen molar-refractivity contribution >= 4 is 23.4 Å². The van der Waals surface area contributed by atoms with Gasteiger partial charge in [0.2, 0.25) is 5.91 Å². The van der Waals surface area contributed by atoms with Gasteiger partial charge in [0.15, 0.2) is 0 Å². The molecule has 3 N–H and O–H groups in total. The second-order valence-electron chi connectivity index (χ2n) is 6.27. The van der Waals surface area contributed by atoms with E-state index in [4.69, 9.17) is 5.73 Å². The van der Waals surface area contributed by atoms with Gasteiger partial charge in [-0.05, 0) is 42.9 Å². The summed E-state index contributed by atoms with van der Waals surface area (Å²) in [6, 6.07) is 6.26. The van der Waals surface area contributed by atoms with Crippen molar-refractivity contribution in [3.8, 4) is 0 Å². The van der Waals surface area contributed by atoms with Crippen molar-refractivity contribution in [3.05, 3.63) is 23.8 Å². The molecule has 0 bridgehead atoms. The molecular formula is C17H26N2OS. The fraction of sp³-hybridized carbons (Fsp3) is 0.588. The smallest absolute Gasteiger partial charge is 0.230 e. The second kappa shape index (κ2) is 7.21. The topological polar surface area (TPSA) is 55.1 Å². The number of anilines is 1. The van der Waals surface area contributed by atoms with Crippen LogP contribution in [0.1, 0.15) is 38.7 Å². The summed E-state index contributed by atoms with van der Waals surface area (Å²) in [5.74, 6) is 1.82. The van der Waals surface area contributed by atoms with E-state index in [0.29, 0.717) is 23.6 Å². The Kier molecular flexibility index (Phi) is 5.57. The number of carbonyl (C=O) groups excluding carboxylic acids is 1. The van der Waals surface area contributed by atoms with Gasteiger partial charge in [-0.1, -0.05) is 32.8 Å². The van der Waals surface area contributed by atoms with Gasteiger partial charge < -0.3 is 11.1 Å². The number of benzene rings is 1. The number of nitrogens with two attached hydrogens (primary N) is 1. The molecule has 1 aromatic rings. The lowest BCUT2D eigenvalue weighted by molar-refractivity contribution is -0.119. The van der Waals surface area contributed by atoms with Crippen molar-refractivity contribution in [2.24, 2.45) is 11.8 Å². The Labute approximate surface area is 132 Å². The highest BCUT2D eigenvalue weighted by Gasteiger charge is 2.27. The SMILES string of the molecule is Cc1ccc(N)c(SCC(=O)NC2CCCC(C)C2C)c1. The highest BCUT2D eigenvalue weighted by molar-refractivity contribution is 8.00. The molecule has 0 saturated heterocycles. The largest absolute Gasteiger partial charge is 0.398 e. The molecule has 21 heavy (non-hydrogen) atoms. The van der Waals surface area contributed by atoms with E-state index < -0.39 is 0 Å². The lowest BCUT2D eigenvalue weighted by Crippen LogP contribution is -2.44. The number of amides is 1. The molecule has 116 valence electrons. The van der Waals surface area contributed by atoms with Crippen LogP contribution in [0.25, 0.3) is 0 Å². The Balaban J connectivity index is 1.86. The van der Waals surface area contributed by atoms with Gasteiger partial charge in [0.05, 0.1) is 5.75 Å². The zero-order valence-corrected chi connectivity index (χ0v) is 14.0. The lowest BCUT2D eigenvalue weighted by atomic mass is 9.78. The average Bonchev–Trinajstić information content (AvgIpc) is 2.45. The van der Waals surface area contributed by atoms with Crippen molar-refractivity contribution in [1.29, 1.82) is 0 Å². The number of carbonyl (C=O) groups is 1. The van der Waals surface area contributed by atoms with E-state index in [2.05, 4.69) is 19.2 Å². The zero-order valence-electron chi connectivity index (χ0n) is 13.2. The number of hydrogen-bond donors (Lipinski definition) is 2. The van der Waals surface area contributed by atoms with Crippen molar-refractivity contribution < 1.29 is 4.79 Å². The molecule has 3 unspecified atom stereocenters. The number of nitrogen functional groups attached to an aromatic ring is 1. The Morgan fingerprint density at radius 1 is 1.38 bits per heavy atom. The molecule has 1 fully saturated rings.